The zero-order valence-electron chi connectivity index (χ0n) is 10.6. The molecular formula is C15H18N2O. The van der Waals surface area contributed by atoms with Gasteiger partial charge in [-0.05, 0) is 43.7 Å². The van der Waals surface area contributed by atoms with Gasteiger partial charge in [-0.3, -0.25) is 4.79 Å². The van der Waals surface area contributed by atoms with Gasteiger partial charge in [-0.15, -0.1) is 0 Å². The van der Waals surface area contributed by atoms with Crippen LogP contribution in [-0.4, -0.2) is 4.57 Å². The minimum absolute atomic E-state index is 0.114. The van der Waals surface area contributed by atoms with Crippen LogP contribution < -0.4 is 21.9 Å². The molecule has 1 saturated carbocycles. The fourth-order valence-corrected chi connectivity index (χ4v) is 2.67. The highest BCUT2D eigenvalue weighted by atomic mass is 16.1. The van der Waals surface area contributed by atoms with Gasteiger partial charge in [0.05, 0.1) is 0 Å². The molecule has 0 spiro atoms. The summed E-state index contributed by atoms with van der Waals surface area (Å²) in [5.41, 5.74) is 8.07. The first-order valence-electron chi connectivity index (χ1n) is 6.62. The molecule has 2 aliphatic carbocycles. The van der Waals surface area contributed by atoms with Crippen LogP contribution in [0.4, 0.5) is 0 Å². The van der Waals surface area contributed by atoms with E-state index in [1.54, 1.807) is 0 Å². The maximum absolute atomic E-state index is 12.1. The van der Waals surface area contributed by atoms with E-state index in [-0.39, 0.29) is 5.56 Å². The second-order valence-electron chi connectivity index (χ2n) is 5.04. The molecule has 0 radical (unpaired) electrons. The molecule has 18 heavy (non-hydrogen) atoms. The third-order valence-corrected chi connectivity index (χ3v) is 3.73. The van der Waals surface area contributed by atoms with E-state index in [0.717, 1.165) is 22.7 Å². The van der Waals surface area contributed by atoms with Crippen molar-refractivity contribution in [1.29, 1.82) is 0 Å². The summed E-state index contributed by atoms with van der Waals surface area (Å²) in [4.78, 5) is 12.1. The van der Waals surface area contributed by atoms with Crippen LogP contribution in [0.25, 0.3) is 12.2 Å². The topological polar surface area (TPSA) is 48.0 Å². The van der Waals surface area contributed by atoms with Gasteiger partial charge >= 0.3 is 0 Å². The van der Waals surface area contributed by atoms with E-state index in [1.807, 2.05) is 29.7 Å². The van der Waals surface area contributed by atoms with E-state index in [0.29, 0.717) is 12.5 Å². The summed E-state index contributed by atoms with van der Waals surface area (Å²) in [7, 11) is 0. The smallest absolute Gasteiger partial charge is 0.251 e. The van der Waals surface area contributed by atoms with Gasteiger partial charge < -0.3 is 10.3 Å². The Morgan fingerprint density at radius 3 is 2.83 bits per heavy atom. The predicted molar refractivity (Wildman–Crippen MR) is 73.4 cm³/mol. The molecule has 0 saturated heterocycles. The molecule has 1 heterocycles. The number of hydrogen-bond acceptors (Lipinski definition) is 2. The van der Waals surface area contributed by atoms with Crippen molar-refractivity contribution in [3.8, 4) is 0 Å². The maximum Gasteiger partial charge on any atom is 0.251 e. The summed E-state index contributed by atoms with van der Waals surface area (Å²) in [6.07, 6.45) is 9.32. The SMILES string of the molecule is CCn1c(=O)cc(C2CC2)c2c1=CCC=C(N)C=2. The molecular weight excluding hydrogens is 224 g/mol. The largest absolute Gasteiger partial charge is 0.399 e. The number of nitrogens with zero attached hydrogens (tertiary/aromatic N) is 1. The number of hydrogen-bond donors (Lipinski definition) is 1. The van der Waals surface area contributed by atoms with Crippen LogP contribution in [0.3, 0.4) is 0 Å². The molecule has 2 aliphatic rings. The fraction of sp³-hybridized carbons (Fsp3) is 0.400. The van der Waals surface area contributed by atoms with E-state index in [4.69, 9.17) is 5.73 Å². The summed E-state index contributed by atoms with van der Waals surface area (Å²) >= 11 is 0. The minimum Gasteiger partial charge on any atom is -0.399 e. The molecule has 94 valence electrons. The highest BCUT2D eigenvalue weighted by Gasteiger charge is 2.26. The minimum atomic E-state index is 0.114. The molecule has 0 amide bonds. The Morgan fingerprint density at radius 1 is 1.39 bits per heavy atom. The summed E-state index contributed by atoms with van der Waals surface area (Å²) in [6.45, 7) is 2.71. The van der Waals surface area contributed by atoms with Crippen molar-refractivity contribution in [1.82, 2.24) is 4.57 Å². The van der Waals surface area contributed by atoms with Crippen molar-refractivity contribution in [2.45, 2.75) is 38.6 Å². The Kier molecular flexibility index (Phi) is 2.62. The quantitative estimate of drug-likeness (QED) is 0.823. The molecule has 3 heteroatoms. The summed E-state index contributed by atoms with van der Waals surface area (Å²) in [6, 6.07) is 1.81. The average Bonchev–Trinajstić information content (AvgIpc) is 3.15. The standard InChI is InChI=1S/C15H18N2O/c1-2-17-14-5-3-4-11(16)8-13(14)12(9-15(17)18)10-6-7-10/h4-5,8-10H,2-3,6-7,16H2,1H3. The van der Waals surface area contributed by atoms with Crippen molar-refractivity contribution in [2.75, 3.05) is 0 Å². The highest BCUT2D eigenvalue weighted by Crippen LogP contribution is 2.37. The Bertz CT molecular complexity index is 690. The summed E-state index contributed by atoms with van der Waals surface area (Å²) in [5, 5.41) is 2.20. The molecule has 0 aliphatic heterocycles. The normalized spacial score (nSPS) is 18.2. The van der Waals surface area contributed by atoms with Crippen molar-refractivity contribution in [3.05, 3.63) is 44.3 Å². The average molecular weight is 242 g/mol. The van der Waals surface area contributed by atoms with Gasteiger partial charge in [0, 0.05) is 28.9 Å². The molecule has 0 atom stereocenters. The second kappa shape index (κ2) is 4.16. The maximum atomic E-state index is 12.1. The molecule has 1 aromatic heterocycles. The van der Waals surface area contributed by atoms with Gasteiger partial charge in [0.1, 0.15) is 0 Å². The first-order chi connectivity index (χ1) is 8.70. The van der Waals surface area contributed by atoms with E-state index in [2.05, 4.69) is 6.08 Å². The monoisotopic (exact) mass is 242 g/mol. The van der Waals surface area contributed by atoms with Crippen molar-refractivity contribution in [3.63, 3.8) is 0 Å². The molecule has 0 aromatic carbocycles. The Morgan fingerprint density at radius 2 is 2.17 bits per heavy atom. The van der Waals surface area contributed by atoms with E-state index in [9.17, 15) is 4.79 Å². The molecule has 0 unspecified atom stereocenters. The van der Waals surface area contributed by atoms with Crippen LogP contribution in [0.1, 0.15) is 37.7 Å². The van der Waals surface area contributed by atoms with Crippen molar-refractivity contribution < 1.29 is 0 Å². The van der Waals surface area contributed by atoms with Crippen LogP contribution in [0.5, 0.6) is 0 Å². The van der Waals surface area contributed by atoms with E-state index < -0.39 is 0 Å². The first-order valence-corrected chi connectivity index (χ1v) is 6.62. The van der Waals surface area contributed by atoms with Crippen molar-refractivity contribution >= 4 is 12.2 Å². The lowest BCUT2D eigenvalue weighted by Gasteiger charge is -2.08. The molecule has 3 rings (SSSR count). The van der Waals surface area contributed by atoms with Crippen LogP contribution in [0.2, 0.25) is 0 Å². The lowest BCUT2D eigenvalue weighted by atomic mass is 10.1. The lowest BCUT2D eigenvalue weighted by molar-refractivity contribution is 0.692. The fourth-order valence-electron chi connectivity index (χ4n) is 2.67. The van der Waals surface area contributed by atoms with Crippen LogP contribution >= 0.6 is 0 Å². The Labute approximate surface area is 106 Å². The molecule has 1 fully saturated rings. The Hall–Kier alpha value is -1.77. The third kappa shape index (κ3) is 1.80. The van der Waals surface area contributed by atoms with Gasteiger partial charge in [-0.2, -0.15) is 0 Å². The Balaban J connectivity index is 2.42. The zero-order chi connectivity index (χ0) is 12.7. The summed E-state index contributed by atoms with van der Waals surface area (Å²) in [5.74, 6) is 0.563. The van der Waals surface area contributed by atoms with E-state index in [1.165, 1.54) is 18.4 Å². The number of aromatic nitrogens is 1. The zero-order valence-corrected chi connectivity index (χ0v) is 10.6. The van der Waals surface area contributed by atoms with Gasteiger partial charge in [0.2, 0.25) is 0 Å². The summed E-state index contributed by atoms with van der Waals surface area (Å²) < 4.78 is 1.84. The van der Waals surface area contributed by atoms with Gasteiger partial charge in [0.15, 0.2) is 0 Å². The highest BCUT2D eigenvalue weighted by molar-refractivity contribution is 5.51. The second-order valence-corrected chi connectivity index (χ2v) is 5.04. The first kappa shape index (κ1) is 11.3. The third-order valence-electron chi connectivity index (χ3n) is 3.73. The molecule has 1 aromatic rings. The predicted octanol–water partition coefficient (Wildman–Crippen LogP) is 0.553. The number of allylic oxidation sites excluding steroid dienone is 2. The number of fused-ring (bicyclic) bond motifs is 1. The lowest BCUT2D eigenvalue weighted by Crippen LogP contribution is -2.44. The van der Waals surface area contributed by atoms with Gasteiger partial charge in [-0.25, -0.2) is 0 Å². The van der Waals surface area contributed by atoms with Crippen LogP contribution in [-0.2, 0) is 6.54 Å². The molecule has 2 N–H and O–H groups in total. The van der Waals surface area contributed by atoms with E-state index >= 15 is 0 Å². The molecule has 0 bridgehead atoms. The van der Waals surface area contributed by atoms with Crippen LogP contribution in [0.15, 0.2) is 22.6 Å². The molecule has 3 nitrogen and oxygen atoms in total. The van der Waals surface area contributed by atoms with Gasteiger partial charge in [-0.1, -0.05) is 12.2 Å². The van der Waals surface area contributed by atoms with Gasteiger partial charge in [0.25, 0.3) is 5.56 Å². The number of rotatable bonds is 2. The van der Waals surface area contributed by atoms with Crippen molar-refractivity contribution in [2.24, 2.45) is 5.73 Å². The number of pyridine rings is 1. The van der Waals surface area contributed by atoms with Crippen LogP contribution in [0, 0.1) is 0 Å². The number of nitrogens with two attached hydrogens (primary N) is 1.